The van der Waals surface area contributed by atoms with Crippen molar-refractivity contribution in [1.82, 2.24) is 5.32 Å². The average Bonchev–Trinajstić information content (AvgIpc) is 2.10. The Morgan fingerprint density at radius 1 is 1.25 bits per heavy atom. The van der Waals surface area contributed by atoms with E-state index in [1.54, 1.807) is 0 Å². The quantitative estimate of drug-likeness (QED) is 0.513. The molecule has 0 aromatic carbocycles. The van der Waals surface area contributed by atoms with Gasteiger partial charge in [-0.1, -0.05) is 35.4 Å². The fraction of sp³-hybridized carbons (Fsp3) is 0.875. The Morgan fingerprint density at radius 2 is 1.92 bits per heavy atom. The molecule has 0 aliphatic heterocycles. The third-order valence-electron chi connectivity index (χ3n) is 1.20. The topological polar surface area (TPSA) is 29.1 Å². The maximum absolute atomic E-state index is 10.8. The predicted octanol–water partition coefficient (Wildman–Crippen LogP) is 2.30. The largest absolute Gasteiger partial charge is 0.355 e. The van der Waals surface area contributed by atoms with Crippen LogP contribution in [0.2, 0.25) is 0 Å². The van der Waals surface area contributed by atoms with Crippen LogP contribution in [0.15, 0.2) is 0 Å². The number of nitrogens with one attached hydrogen (secondary N) is 1. The fourth-order valence-corrected chi connectivity index (χ4v) is 2.60. The van der Waals surface area contributed by atoms with Gasteiger partial charge in [0.15, 0.2) is 0 Å². The second kappa shape index (κ2) is 9.26. The second-order valence-corrected chi connectivity index (χ2v) is 5.05. The minimum atomic E-state index is 0.149. The van der Waals surface area contributed by atoms with Crippen LogP contribution in [0.1, 0.15) is 26.7 Å². The monoisotopic (exact) mass is 207 g/mol. The summed E-state index contributed by atoms with van der Waals surface area (Å²) in [4.78, 5) is 10.8. The molecule has 4 heteroatoms. The predicted molar refractivity (Wildman–Crippen MR) is 58.5 cm³/mol. The molecule has 0 aromatic heterocycles. The van der Waals surface area contributed by atoms with Gasteiger partial charge in [0.1, 0.15) is 0 Å². The number of carbonyl (C=O) groups is 1. The highest BCUT2D eigenvalue weighted by molar-refractivity contribution is 8.76. The number of hydrogen-bond donors (Lipinski definition) is 1. The number of carbonyl (C=O) groups excluding carboxylic acids is 1. The van der Waals surface area contributed by atoms with Crippen molar-refractivity contribution >= 4 is 27.5 Å². The normalized spacial score (nSPS) is 9.83. The average molecular weight is 207 g/mol. The summed E-state index contributed by atoms with van der Waals surface area (Å²) in [5, 5.41) is 2.84. The van der Waals surface area contributed by atoms with Gasteiger partial charge in [0.25, 0.3) is 0 Å². The highest BCUT2D eigenvalue weighted by Crippen LogP contribution is 2.20. The lowest BCUT2D eigenvalue weighted by atomic mass is 10.4. The summed E-state index contributed by atoms with van der Waals surface area (Å²) in [7, 11) is 3.71. The summed E-state index contributed by atoms with van der Waals surface area (Å²) in [5.74, 6) is 2.36. The molecule has 0 unspecified atom stereocenters. The maximum atomic E-state index is 10.8. The van der Waals surface area contributed by atoms with Gasteiger partial charge in [0.05, 0.1) is 0 Å². The van der Waals surface area contributed by atoms with Gasteiger partial charge in [-0.15, -0.1) is 0 Å². The highest BCUT2D eigenvalue weighted by Gasteiger charge is 1.94. The van der Waals surface area contributed by atoms with E-state index in [2.05, 4.69) is 12.2 Å². The van der Waals surface area contributed by atoms with Crippen molar-refractivity contribution in [1.29, 1.82) is 0 Å². The third kappa shape index (κ3) is 8.27. The summed E-state index contributed by atoms with van der Waals surface area (Å²) in [6.07, 6.45) is 1.81. The van der Waals surface area contributed by atoms with Crippen LogP contribution < -0.4 is 5.32 Å². The summed E-state index contributed by atoms with van der Waals surface area (Å²) in [6.45, 7) is 4.84. The molecule has 72 valence electrons. The van der Waals surface area contributed by atoms with Crippen molar-refractivity contribution in [2.24, 2.45) is 0 Å². The van der Waals surface area contributed by atoms with Crippen LogP contribution >= 0.6 is 21.6 Å². The summed E-state index contributed by atoms with van der Waals surface area (Å²) in [5.41, 5.74) is 0. The van der Waals surface area contributed by atoms with E-state index in [9.17, 15) is 4.79 Å². The van der Waals surface area contributed by atoms with Gasteiger partial charge < -0.3 is 5.32 Å². The minimum absolute atomic E-state index is 0.149. The molecule has 0 spiro atoms. The Hall–Kier alpha value is 0.170. The molecule has 0 radical (unpaired) electrons. The first kappa shape index (κ1) is 12.2. The van der Waals surface area contributed by atoms with Gasteiger partial charge in [-0.25, -0.2) is 0 Å². The first-order chi connectivity index (χ1) is 5.81. The SMILES string of the molecule is CCCSSCCNC(=O)CC. The van der Waals surface area contributed by atoms with E-state index in [-0.39, 0.29) is 5.91 Å². The Kier molecular flexibility index (Phi) is 9.39. The molecule has 0 rings (SSSR count). The molecule has 2 nitrogen and oxygen atoms in total. The zero-order valence-corrected chi connectivity index (χ0v) is 9.39. The van der Waals surface area contributed by atoms with Crippen LogP contribution in [0, 0.1) is 0 Å². The van der Waals surface area contributed by atoms with Gasteiger partial charge in [-0.2, -0.15) is 0 Å². The molecule has 0 heterocycles. The van der Waals surface area contributed by atoms with Crippen LogP contribution in [0.25, 0.3) is 0 Å². The maximum Gasteiger partial charge on any atom is 0.219 e. The molecule has 0 fully saturated rings. The summed E-state index contributed by atoms with van der Waals surface area (Å²) >= 11 is 0. The molecule has 12 heavy (non-hydrogen) atoms. The Labute approximate surface area is 82.7 Å². The van der Waals surface area contributed by atoms with Crippen molar-refractivity contribution < 1.29 is 4.79 Å². The Bertz CT molecular complexity index is 120. The Balaban J connectivity index is 2.95. The summed E-state index contributed by atoms with van der Waals surface area (Å²) < 4.78 is 0. The molecule has 0 saturated carbocycles. The smallest absolute Gasteiger partial charge is 0.219 e. The lowest BCUT2D eigenvalue weighted by Gasteiger charge is -2.01. The van der Waals surface area contributed by atoms with Gasteiger partial charge in [0.2, 0.25) is 5.91 Å². The standard InChI is InChI=1S/C8H17NOS2/c1-3-6-11-12-7-5-9-8(10)4-2/h3-7H2,1-2H3,(H,9,10). The highest BCUT2D eigenvalue weighted by atomic mass is 33.1. The van der Waals surface area contributed by atoms with Crippen molar-refractivity contribution in [3.8, 4) is 0 Å². The number of hydrogen-bond acceptors (Lipinski definition) is 3. The molecule has 0 saturated heterocycles. The van der Waals surface area contributed by atoms with E-state index in [0.29, 0.717) is 6.42 Å². The molecule has 1 N–H and O–H groups in total. The molecule has 0 bridgehead atoms. The summed E-state index contributed by atoms with van der Waals surface area (Å²) in [6, 6.07) is 0. The van der Waals surface area contributed by atoms with Gasteiger partial charge in [0, 0.05) is 24.5 Å². The van der Waals surface area contributed by atoms with E-state index < -0.39 is 0 Å². The van der Waals surface area contributed by atoms with Gasteiger partial charge in [-0.05, 0) is 6.42 Å². The lowest BCUT2D eigenvalue weighted by Crippen LogP contribution is -2.24. The zero-order valence-electron chi connectivity index (χ0n) is 7.76. The van der Waals surface area contributed by atoms with Crippen molar-refractivity contribution in [3.05, 3.63) is 0 Å². The first-order valence-electron chi connectivity index (χ1n) is 4.32. The van der Waals surface area contributed by atoms with Crippen LogP contribution in [-0.2, 0) is 4.79 Å². The molecular weight excluding hydrogens is 190 g/mol. The first-order valence-corrected chi connectivity index (χ1v) is 6.81. The van der Waals surface area contributed by atoms with Gasteiger partial charge >= 0.3 is 0 Å². The fourth-order valence-electron chi connectivity index (χ4n) is 0.558. The Morgan fingerprint density at radius 3 is 2.50 bits per heavy atom. The number of rotatable bonds is 7. The lowest BCUT2D eigenvalue weighted by molar-refractivity contribution is -0.120. The van der Waals surface area contributed by atoms with Crippen LogP contribution in [0.4, 0.5) is 0 Å². The second-order valence-electron chi connectivity index (χ2n) is 2.35. The van der Waals surface area contributed by atoms with Crippen LogP contribution in [0.3, 0.4) is 0 Å². The van der Waals surface area contributed by atoms with Crippen molar-refractivity contribution in [2.45, 2.75) is 26.7 Å². The van der Waals surface area contributed by atoms with Crippen LogP contribution in [-0.4, -0.2) is 24.0 Å². The van der Waals surface area contributed by atoms with Crippen molar-refractivity contribution in [2.75, 3.05) is 18.1 Å². The van der Waals surface area contributed by atoms with Gasteiger partial charge in [-0.3, -0.25) is 4.79 Å². The molecule has 1 amide bonds. The molecule has 0 aromatic rings. The van der Waals surface area contributed by atoms with Crippen LogP contribution in [0.5, 0.6) is 0 Å². The molecule has 0 aliphatic carbocycles. The van der Waals surface area contributed by atoms with E-state index in [0.717, 1.165) is 12.3 Å². The van der Waals surface area contributed by atoms with E-state index in [4.69, 9.17) is 0 Å². The third-order valence-corrected chi connectivity index (χ3v) is 3.81. The van der Waals surface area contributed by atoms with Crippen molar-refractivity contribution in [3.63, 3.8) is 0 Å². The van der Waals surface area contributed by atoms with E-state index in [1.165, 1.54) is 12.2 Å². The zero-order chi connectivity index (χ0) is 9.23. The molecule has 0 atom stereocenters. The minimum Gasteiger partial charge on any atom is -0.355 e. The van der Waals surface area contributed by atoms with E-state index >= 15 is 0 Å². The molecule has 0 aliphatic rings. The molecular formula is C8H17NOS2. The van der Waals surface area contributed by atoms with E-state index in [1.807, 2.05) is 28.5 Å². The number of amides is 1.